The number of aliphatic hydroxyl groups excluding tert-OH is 1. The largest absolute Gasteiger partial charge is 0.444 e. The molecule has 28 heavy (non-hydrogen) atoms. The van der Waals surface area contributed by atoms with Crippen molar-refractivity contribution in [2.24, 2.45) is 11.8 Å². The van der Waals surface area contributed by atoms with Crippen LogP contribution in [-0.2, 0) is 14.2 Å². The predicted molar refractivity (Wildman–Crippen MR) is 109 cm³/mol. The van der Waals surface area contributed by atoms with Crippen molar-refractivity contribution < 1.29 is 24.1 Å². The van der Waals surface area contributed by atoms with Gasteiger partial charge in [0.1, 0.15) is 5.60 Å². The standard InChI is InChI=1S/C22H35NO5/c1-7-26-20(27-8-2)17-10-9-16(11-15(3)12-17)19(24)18-13-23(14-18)21(25)28-22(4,5)6/h9-12,15,18-20,24H,7-8,13-14H2,1-6H3. The quantitative estimate of drug-likeness (QED) is 0.669. The van der Waals surface area contributed by atoms with Crippen molar-refractivity contribution in [2.75, 3.05) is 26.3 Å². The molecule has 0 bridgehead atoms. The van der Waals surface area contributed by atoms with E-state index >= 15 is 0 Å². The molecule has 2 rings (SSSR count). The zero-order valence-electron chi connectivity index (χ0n) is 18.0. The Kier molecular flexibility index (Phi) is 7.87. The number of aliphatic hydroxyl groups is 1. The van der Waals surface area contributed by atoms with Crippen molar-refractivity contribution in [1.82, 2.24) is 4.90 Å². The van der Waals surface area contributed by atoms with Crippen LogP contribution in [0.3, 0.4) is 0 Å². The first-order valence-corrected chi connectivity index (χ1v) is 10.1. The summed E-state index contributed by atoms with van der Waals surface area (Å²) in [5.74, 6) is 0.145. The van der Waals surface area contributed by atoms with Gasteiger partial charge in [-0.2, -0.15) is 0 Å². The van der Waals surface area contributed by atoms with Gasteiger partial charge in [0, 0.05) is 37.8 Å². The van der Waals surface area contributed by atoms with E-state index in [0.29, 0.717) is 26.3 Å². The Morgan fingerprint density at radius 2 is 1.68 bits per heavy atom. The van der Waals surface area contributed by atoms with Crippen molar-refractivity contribution in [3.63, 3.8) is 0 Å². The smallest absolute Gasteiger partial charge is 0.410 e. The number of rotatable bonds is 7. The molecular weight excluding hydrogens is 358 g/mol. The fourth-order valence-corrected chi connectivity index (χ4v) is 3.32. The molecule has 0 saturated carbocycles. The number of amides is 1. The Bertz CT molecular complexity index is 619. The Hall–Kier alpha value is -1.63. The van der Waals surface area contributed by atoms with E-state index < -0.39 is 18.0 Å². The van der Waals surface area contributed by atoms with Crippen LogP contribution in [0.25, 0.3) is 0 Å². The lowest BCUT2D eigenvalue weighted by atomic mass is 9.88. The molecule has 0 spiro atoms. The topological polar surface area (TPSA) is 68.2 Å². The van der Waals surface area contributed by atoms with Crippen LogP contribution in [0.1, 0.15) is 41.5 Å². The van der Waals surface area contributed by atoms with Crippen LogP contribution in [0.15, 0.2) is 35.5 Å². The van der Waals surface area contributed by atoms with Crippen molar-refractivity contribution >= 4 is 6.09 Å². The van der Waals surface area contributed by atoms with Gasteiger partial charge in [0.25, 0.3) is 0 Å². The fraction of sp³-hybridized carbons (Fsp3) is 0.682. The van der Waals surface area contributed by atoms with Crippen LogP contribution in [0.4, 0.5) is 4.79 Å². The van der Waals surface area contributed by atoms with Crippen molar-refractivity contribution in [3.05, 3.63) is 35.5 Å². The summed E-state index contributed by atoms with van der Waals surface area (Å²) < 4.78 is 16.8. The molecule has 0 radical (unpaired) electrons. The molecule has 6 heteroatoms. The molecule has 2 unspecified atom stereocenters. The number of hydrogen-bond donors (Lipinski definition) is 1. The number of carbonyl (C=O) groups is 1. The van der Waals surface area contributed by atoms with Gasteiger partial charge in [-0.15, -0.1) is 0 Å². The highest BCUT2D eigenvalue weighted by Gasteiger charge is 2.38. The van der Waals surface area contributed by atoms with Gasteiger partial charge in [0.15, 0.2) is 6.29 Å². The SMILES string of the molecule is CCOC(OCC)C1=CC(C)C=C(C(O)C2CN(C(=O)OC(C)(C)C)C2)C=C1. The first-order valence-electron chi connectivity index (χ1n) is 10.1. The Balaban J connectivity index is 1.97. The van der Waals surface area contributed by atoms with E-state index in [4.69, 9.17) is 14.2 Å². The molecule has 1 N–H and O–H groups in total. The van der Waals surface area contributed by atoms with E-state index in [1.54, 1.807) is 4.90 Å². The van der Waals surface area contributed by atoms with Gasteiger partial charge in [-0.3, -0.25) is 0 Å². The maximum Gasteiger partial charge on any atom is 0.410 e. The second-order valence-corrected chi connectivity index (χ2v) is 8.36. The van der Waals surface area contributed by atoms with E-state index in [0.717, 1.165) is 11.1 Å². The highest BCUT2D eigenvalue weighted by molar-refractivity contribution is 5.69. The van der Waals surface area contributed by atoms with Crippen molar-refractivity contribution in [2.45, 2.75) is 59.5 Å². The molecule has 1 heterocycles. The number of hydrogen-bond acceptors (Lipinski definition) is 5. The second-order valence-electron chi connectivity index (χ2n) is 8.36. The summed E-state index contributed by atoms with van der Waals surface area (Å²) in [5, 5.41) is 10.8. The lowest BCUT2D eigenvalue weighted by Gasteiger charge is -2.42. The van der Waals surface area contributed by atoms with Gasteiger partial charge in [0.05, 0.1) is 6.10 Å². The molecule has 1 aliphatic heterocycles. The van der Waals surface area contributed by atoms with Crippen LogP contribution in [-0.4, -0.2) is 60.4 Å². The van der Waals surface area contributed by atoms with Gasteiger partial charge < -0.3 is 24.2 Å². The van der Waals surface area contributed by atoms with Crippen molar-refractivity contribution in [3.8, 4) is 0 Å². The highest BCUT2D eigenvalue weighted by Crippen LogP contribution is 2.29. The zero-order valence-corrected chi connectivity index (χ0v) is 18.0. The zero-order chi connectivity index (χ0) is 20.9. The number of carbonyl (C=O) groups excluding carboxylic acids is 1. The number of nitrogens with zero attached hydrogens (tertiary/aromatic N) is 1. The third kappa shape index (κ3) is 6.19. The maximum atomic E-state index is 12.1. The van der Waals surface area contributed by atoms with Gasteiger partial charge in [-0.25, -0.2) is 4.79 Å². The lowest BCUT2D eigenvalue weighted by molar-refractivity contribution is -0.109. The predicted octanol–water partition coefficient (Wildman–Crippen LogP) is 3.67. The van der Waals surface area contributed by atoms with E-state index in [-0.39, 0.29) is 17.9 Å². The van der Waals surface area contributed by atoms with Crippen LogP contribution in [0.2, 0.25) is 0 Å². The van der Waals surface area contributed by atoms with Crippen molar-refractivity contribution in [1.29, 1.82) is 0 Å². The first kappa shape index (κ1) is 22.7. The monoisotopic (exact) mass is 393 g/mol. The van der Waals surface area contributed by atoms with E-state index in [9.17, 15) is 9.90 Å². The summed E-state index contributed by atoms with van der Waals surface area (Å²) in [6.07, 6.45) is 6.70. The molecular formula is C22H35NO5. The summed E-state index contributed by atoms with van der Waals surface area (Å²) in [7, 11) is 0. The van der Waals surface area contributed by atoms with Crippen LogP contribution in [0, 0.1) is 11.8 Å². The molecule has 1 saturated heterocycles. The van der Waals surface area contributed by atoms with Crippen LogP contribution < -0.4 is 0 Å². The Morgan fingerprint density at radius 1 is 1.14 bits per heavy atom. The maximum absolute atomic E-state index is 12.1. The summed E-state index contributed by atoms with van der Waals surface area (Å²) in [6, 6.07) is 0. The summed E-state index contributed by atoms with van der Waals surface area (Å²) in [4.78, 5) is 13.7. The van der Waals surface area contributed by atoms with Crippen LogP contribution in [0.5, 0.6) is 0 Å². The minimum Gasteiger partial charge on any atom is -0.444 e. The summed E-state index contributed by atoms with van der Waals surface area (Å²) >= 11 is 0. The molecule has 6 nitrogen and oxygen atoms in total. The fourth-order valence-electron chi connectivity index (χ4n) is 3.32. The first-order chi connectivity index (χ1) is 13.1. The van der Waals surface area contributed by atoms with Gasteiger partial charge >= 0.3 is 6.09 Å². The number of ether oxygens (including phenoxy) is 3. The summed E-state index contributed by atoms with van der Waals surface area (Å²) in [6.45, 7) is 13.6. The normalized spacial score (nSPS) is 21.7. The average molecular weight is 394 g/mol. The number of likely N-dealkylation sites (tertiary alicyclic amines) is 1. The third-order valence-corrected chi connectivity index (χ3v) is 4.64. The van der Waals surface area contributed by atoms with Gasteiger partial charge in [0.2, 0.25) is 0 Å². The minimum absolute atomic E-state index is 0.00625. The Labute approximate surface area is 168 Å². The van der Waals surface area contributed by atoms with E-state index in [1.807, 2.05) is 46.8 Å². The molecule has 158 valence electrons. The van der Waals surface area contributed by atoms with Gasteiger partial charge in [-0.1, -0.05) is 31.2 Å². The highest BCUT2D eigenvalue weighted by atomic mass is 16.7. The van der Waals surface area contributed by atoms with Gasteiger partial charge in [-0.05, 0) is 46.1 Å². The molecule has 0 aromatic carbocycles. The Morgan fingerprint density at radius 3 is 2.21 bits per heavy atom. The van der Waals surface area contributed by atoms with Crippen LogP contribution >= 0.6 is 0 Å². The molecule has 1 aliphatic carbocycles. The average Bonchev–Trinajstić information content (AvgIpc) is 2.73. The molecule has 1 fully saturated rings. The van der Waals surface area contributed by atoms with E-state index in [2.05, 4.69) is 19.1 Å². The molecule has 0 aromatic heterocycles. The second kappa shape index (κ2) is 9.72. The summed E-state index contributed by atoms with van der Waals surface area (Å²) in [5.41, 5.74) is 1.31. The third-order valence-electron chi connectivity index (χ3n) is 4.64. The van der Waals surface area contributed by atoms with E-state index in [1.165, 1.54) is 0 Å². The molecule has 0 aromatic rings. The molecule has 2 atom stereocenters. The molecule has 1 amide bonds. The number of allylic oxidation sites excluding steroid dienone is 2. The molecule has 2 aliphatic rings. The minimum atomic E-state index is -0.622. The lowest BCUT2D eigenvalue weighted by Crippen LogP contribution is -2.55.